The van der Waals surface area contributed by atoms with Crippen LogP contribution in [0.5, 0.6) is 5.75 Å². The summed E-state index contributed by atoms with van der Waals surface area (Å²) in [5.41, 5.74) is 3.13. The Kier molecular flexibility index (Phi) is 5.33. The molecule has 0 saturated carbocycles. The average molecular weight is 326 g/mol. The summed E-state index contributed by atoms with van der Waals surface area (Å²) in [6, 6.07) is 15.7. The minimum absolute atomic E-state index is 0.0747. The van der Waals surface area contributed by atoms with E-state index in [4.69, 9.17) is 9.47 Å². The number of rotatable bonds is 7. The van der Waals surface area contributed by atoms with Gasteiger partial charge in [-0.25, -0.2) is 0 Å². The minimum atomic E-state index is 0.0747. The Morgan fingerprint density at radius 1 is 1.17 bits per heavy atom. The van der Waals surface area contributed by atoms with Crippen molar-refractivity contribution in [2.75, 3.05) is 43.6 Å². The molecular weight excluding hydrogens is 304 g/mol. The van der Waals surface area contributed by atoms with Gasteiger partial charge in [-0.1, -0.05) is 24.3 Å². The zero-order valence-corrected chi connectivity index (χ0v) is 13.8. The molecule has 0 unspecified atom stereocenters. The highest BCUT2D eigenvalue weighted by Crippen LogP contribution is 2.27. The first-order valence-corrected chi connectivity index (χ1v) is 8.12. The van der Waals surface area contributed by atoms with Gasteiger partial charge in [0.05, 0.1) is 13.2 Å². The van der Waals surface area contributed by atoms with E-state index in [0.29, 0.717) is 13.2 Å². The molecule has 0 spiro atoms. The molecule has 1 aliphatic rings. The molecule has 0 atom stereocenters. The molecule has 1 heterocycles. The molecule has 2 aromatic carbocycles. The first kappa shape index (κ1) is 16.3. The summed E-state index contributed by atoms with van der Waals surface area (Å²) in [6.07, 6.45) is 0.921. The van der Waals surface area contributed by atoms with Crippen molar-refractivity contribution < 1.29 is 14.3 Å². The fourth-order valence-corrected chi connectivity index (χ4v) is 2.81. The molecule has 1 aliphatic heterocycles. The van der Waals surface area contributed by atoms with E-state index in [-0.39, 0.29) is 12.5 Å². The van der Waals surface area contributed by atoms with E-state index in [1.54, 1.807) is 7.11 Å². The summed E-state index contributed by atoms with van der Waals surface area (Å²) in [7, 11) is 1.64. The standard InChI is InChI=1S/C19H22N2O3/c1-23-11-12-24-17-7-4-6-16(13-17)20-14-19(22)21-10-9-15-5-2-3-8-18(15)21/h2-8,13,20H,9-12,14H2,1H3. The van der Waals surface area contributed by atoms with E-state index in [2.05, 4.69) is 11.4 Å². The van der Waals surface area contributed by atoms with Crippen LogP contribution in [0.4, 0.5) is 11.4 Å². The summed E-state index contributed by atoms with van der Waals surface area (Å²) < 4.78 is 10.5. The first-order valence-electron chi connectivity index (χ1n) is 8.12. The summed E-state index contributed by atoms with van der Waals surface area (Å²) in [5, 5.41) is 3.18. The second kappa shape index (κ2) is 7.84. The van der Waals surface area contributed by atoms with Gasteiger partial charge in [0.15, 0.2) is 0 Å². The van der Waals surface area contributed by atoms with E-state index < -0.39 is 0 Å². The van der Waals surface area contributed by atoms with Crippen molar-refractivity contribution in [3.63, 3.8) is 0 Å². The van der Waals surface area contributed by atoms with E-state index in [1.165, 1.54) is 5.56 Å². The third-order valence-electron chi connectivity index (χ3n) is 4.02. The van der Waals surface area contributed by atoms with Gasteiger partial charge in [0.1, 0.15) is 12.4 Å². The molecule has 24 heavy (non-hydrogen) atoms. The van der Waals surface area contributed by atoms with Crippen LogP contribution in [0.15, 0.2) is 48.5 Å². The Balaban J connectivity index is 1.56. The number of methoxy groups -OCH3 is 1. The molecule has 2 aromatic rings. The number of amides is 1. The monoisotopic (exact) mass is 326 g/mol. The fraction of sp³-hybridized carbons (Fsp3) is 0.316. The van der Waals surface area contributed by atoms with Crippen LogP contribution in [0.1, 0.15) is 5.56 Å². The van der Waals surface area contributed by atoms with Crippen LogP contribution >= 0.6 is 0 Å². The molecular formula is C19H22N2O3. The van der Waals surface area contributed by atoms with Crippen LogP contribution < -0.4 is 15.0 Å². The number of nitrogens with one attached hydrogen (secondary N) is 1. The second-order valence-electron chi connectivity index (χ2n) is 5.65. The maximum absolute atomic E-state index is 12.5. The van der Waals surface area contributed by atoms with E-state index in [1.807, 2.05) is 47.4 Å². The van der Waals surface area contributed by atoms with Crippen LogP contribution in [0, 0.1) is 0 Å². The molecule has 0 aromatic heterocycles. The third kappa shape index (κ3) is 3.86. The van der Waals surface area contributed by atoms with E-state index >= 15 is 0 Å². The maximum atomic E-state index is 12.5. The first-order chi connectivity index (χ1) is 11.8. The number of carbonyl (C=O) groups is 1. The topological polar surface area (TPSA) is 50.8 Å². The number of hydrogen-bond donors (Lipinski definition) is 1. The average Bonchev–Trinajstić information content (AvgIpc) is 3.04. The van der Waals surface area contributed by atoms with Gasteiger partial charge >= 0.3 is 0 Å². The van der Waals surface area contributed by atoms with Gasteiger partial charge in [-0.3, -0.25) is 4.79 Å². The quantitative estimate of drug-likeness (QED) is 0.795. The number of hydrogen-bond acceptors (Lipinski definition) is 4. The summed E-state index contributed by atoms with van der Waals surface area (Å²) in [4.78, 5) is 14.3. The van der Waals surface area contributed by atoms with Crippen LogP contribution in [0.25, 0.3) is 0 Å². The highest BCUT2D eigenvalue weighted by atomic mass is 16.5. The summed E-state index contributed by atoms with van der Waals surface area (Å²) in [5.74, 6) is 0.835. The normalized spacial score (nSPS) is 12.8. The number of benzene rings is 2. The fourth-order valence-electron chi connectivity index (χ4n) is 2.81. The number of fused-ring (bicyclic) bond motifs is 1. The number of ether oxygens (including phenoxy) is 2. The van der Waals surface area contributed by atoms with Gasteiger partial charge in [0, 0.05) is 31.1 Å². The predicted octanol–water partition coefficient (Wildman–Crippen LogP) is 2.71. The molecule has 1 N–H and O–H groups in total. The van der Waals surface area contributed by atoms with Crippen molar-refractivity contribution in [2.45, 2.75) is 6.42 Å². The van der Waals surface area contributed by atoms with Gasteiger partial charge in [-0.05, 0) is 30.2 Å². The summed E-state index contributed by atoms with van der Waals surface area (Å²) in [6.45, 7) is 2.06. The molecule has 5 heteroatoms. The van der Waals surface area contributed by atoms with E-state index in [9.17, 15) is 4.79 Å². The number of carbonyl (C=O) groups excluding carboxylic acids is 1. The van der Waals surface area contributed by atoms with Crippen LogP contribution in [0.2, 0.25) is 0 Å². The summed E-state index contributed by atoms with van der Waals surface area (Å²) >= 11 is 0. The maximum Gasteiger partial charge on any atom is 0.246 e. The minimum Gasteiger partial charge on any atom is -0.491 e. The lowest BCUT2D eigenvalue weighted by Gasteiger charge is -2.18. The molecule has 0 radical (unpaired) electrons. The van der Waals surface area contributed by atoms with Gasteiger partial charge in [0.25, 0.3) is 0 Å². The third-order valence-corrected chi connectivity index (χ3v) is 4.02. The van der Waals surface area contributed by atoms with Crippen molar-refractivity contribution in [3.05, 3.63) is 54.1 Å². The Morgan fingerprint density at radius 3 is 2.92 bits per heavy atom. The number of anilines is 2. The molecule has 1 amide bonds. The SMILES string of the molecule is COCCOc1cccc(NCC(=O)N2CCc3ccccc32)c1. The van der Waals surface area contributed by atoms with Gasteiger partial charge < -0.3 is 19.7 Å². The van der Waals surface area contributed by atoms with Crippen LogP contribution in [0.3, 0.4) is 0 Å². The lowest BCUT2D eigenvalue weighted by molar-refractivity contribution is -0.116. The smallest absolute Gasteiger partial charge is 0.246 e. The second-order valence-corrected chi connectivity index (χ2v) is 5.65. The molecule has 0 fully saturated rings. The molecule has 126 valence electrons. The lowest BCUT2D eigenvalue weighted by Crippen LogP contribution is -2.34. The number of para-hydroxylation sites is 1. The highest BCUT2D eigenvalue weighted by Gasteiger charge is 2.23. The van der Waals surface area contributed by atoms with Crippen molar-refractivity contribution in [3.8, 4) is 5.75 Å². The van der Waals surface area contributed by atoms with Crippen molar-refractivity contribution >= 4 is 17.3 Å². The predicted molar refractivity (Wildman–Crippen MR) is 94.8 cm³/mol. The molecule has 3 rings (SSSR count). The Bertz CT molecular complexity index is 703. The molecule has 5 nitrogen and oxygen atoms in total. The van der Waals surface area contributed by atoms with Crippen LogP contribution in [-0.4, -0.2) is 39.3 Å². The zero-order chi connectivity index (χ0) is 16.8. The Labute approximate surface area is 142 Å². The van der Waals surface area contributed by atoms with Crippen LogP contribution in [-0.2, 0) is 16.0 Å². The molecule has 0 aliphatic carbocycles. The largest absolute Gasteiger partial charge is 0.491 e. The van der Waals surface area contributed by atoms with Gasteiger partial charge in [0.2, 0.25) is 5.91 Å². The molecule has 0 bridgehead atoms. The van der Waals surface area contributed by atoms with E-state index in [0.717, 1.165) is 30.1 Å². The Morgan fingerprint density at radius 2 is 2.04 bits per heavy atom. The number of nitrogens with zero attached hydrogens (tertiary/aromatic N) is 1. The van der Waals surface area contributed by atoms with Gasteiger partial charge in [-0.15, -0.1) is 0 Å². The van der Waals surface area contributed by atoms with Crippen molar-refractivity contribution in [2.24, 2.45) is 0 Å². The highest BCUT2D eigenvalue weighted by molar-refractivity contribution is 5.98. The molecule has 0 saturated heterocycles. The van der Waals surface area contributed by atoms with Crippen molar-refractivity contribution in [1.82, 2.24) is 0 Å². The van der Waals surface area contributed by atoms with Gasteiger partial charge in [-0.2, -0.15) is 0 Å². The Hall–Kier alpha value is -2.53. The lowest BCUT2D eigenvalue weighted by atomic mass is 10.2. The van der Waals surface area contributed by atoms with Crippen molar-refractivity contribution in [1.29, 1.82) is 0 Å². The zero-order valence-electron chi connectivity index (χ0n) is 13.8.